The lowest BCUT2D eigenvalue weighted by Crippen LogP contribution is -2.50. The Bertz CT molecular complexity index is 1120. The molecule has 4 heterocycles. The second-order valence-electron chi connectivity index (χ2n) is 9.16. The van der Waals surface area contributed by atoms with Crippen LogP contribution in [0.4, 0.5) is 5.82 Å². The van der Waals surface area contributed by atoms with Crippen LogP contribution in [0.1, 0.15) is 19.2 Å². The fourth-order valence-corrected chi connectivity index (χ4v) is 5.66. The predicted molar refractivity (Wildman–Crippen MR) is 141 cm³/mol. The number of piperazine rings is 1. The summed E-state index contributed by atoms with van der Waals surface area (Å²) in [5.41, 5.74) is 2.38. The van der Waals surface area contributed by atoms with Gasteiger partial charge in [-0.25, -0.2) is 9.97 Å². The van der Waals surface area contributed by atoms with Crippen molar-refractivity contribution in [2.45, 2.75) is 19.9 Å². The molecule has 0 bridgehead atoms. The van der Waals surface area contributed by atoms with Gasteiger partial charge in [-0.15, -0.1) is 11.3 Å². The molecule has 2 aromatic heterocycles. The van der Waals surface area contributed by atoms with E-state index in [4.69, 9.17) is 14.7 Å². The molecular formula is C26H34N6O2S. The van der Waals surface area contributed by atoms with Gasteiger partial charge in [0.1, 0.15) is 16.5 Å². The van der Waals surface area contributed by atoms with Crippen molar-refractivity contribution in [1.29, 1.82) is 0 Å². The van der Waals surface area contributed by atoms with Crippen LogP contribution in [0.15, 0.2) is 35.7 Å². The number of nitrogens with zero attached hydrogens (tertiary/aromatic N) is 5. The zero-order chi connectivity index (χ0) is 24.0. The summed E-state index contributed by atoms with van der Waals surface area (Å²) < 4.78 is 5.52. The molecule has 2 aliphatic rings. The van der Waals surface area contributed by atoms with Gasteiger partial charge < -0.3 is 15.0 Å². The molecule has 0 unspecified atom stereocenters. The Morgan fingerprint density at radius 1 is 1.03 bits per heavy atom. The van der Waals surface area contributed by atoms with E-state index >= 15 is 0 Å². The third-order valence-electron chi connectivity index (χ3n) is 6.63. The summed E-state index contributed by atoms with van der Waals surface area (Å²) in [7, 11) is 0. The monoisotopic (exact) mass is 494 g/mol. The molecule has 5 rings (SSSR count). The van der Waals surface area contributed by atoms with E-state index < -0.39 is 0 Å². The molecule has 1 N–H and O–H groups in total. The van der Waals surface area contributed by atoms with Crippen molar-refractivity contribution >= 4 is 33.3 Å². The maximum atomic E-state index is 12.2. The van der Waals surface area contributed by atoms with E-state index in [1.807, 2.05) is 6.07 Å². The summed E-state index contributed by atoms with van der Waals surface area (Å²) >= 11 is 1.70. The van der Waals surface area contributed by atoms with Crippen LogP contribution in [-0.4, -0.2) is 91.2 Å². The van der Waals surface area contributed by atoms with Crippen molar-refractivity contribution in [3.63, 3.8) is 0 Å². The molecular weight excluding hydrogens is 460 g/mol. The molecule has 8 nitrogen and oxygen atoms in total. The fourth-order valence-electron chi connectivity index (χ4n) is 4.70. The number of carbonyl (C=O) groups excluding carboxylic acids is 1. The number of rotatable bonds is 8. The summed E-state index contributed by atoms with van der Waals surface area (Å²) in [5, 5.41) is 6.34. The Balaban J connectivity index is 1.41. The highest BCUT2D eigenvalue weighted by atomic mass is 32.1. The maximum absolute atomic E-state index is 12.2. The van der Waals surface area contributed by atoms with Gasteiger partial charge in [-0.3, -0.25) is 14.6 Å². The number of amides is 1. The first-order valence-electron chi connectivity index (χ1n) is 12.6. The third kappa shape index (κ3) is 5.81. The van der Waals surface area contributed by atoms with Crippen LogP contribution in [0.3, 0.4) is 0 Å². The number of ether oxygens (including phenoxy) is 1. The molecule has 3 aromatic rings. The van der Waals surface area contributed by atoms with E-state index in [1.165, 1.54) is 11.1 Å². The Labute approximate surface area is 210 Å². The van der Waals surface area contributed by atoms with Crippen molar-refractivity contribution in [2.24, 2.45) is 0 Å². The largest absolute Gasteiger partial charge is 0.379 e. The Morgan fingerprint density at radius 3 is 2.54 bits per heavy atom. The first kappa shape index (κ1) is 24.1. The summed E-state index contributed by atoms with van der Waals surface area (Å²) in [4.78, 5) is 30.4. The van der Waals surface area contributed by atoms with Crippen LogP contribution in [0, 0.1) is 0 Å². The van der Waals surface area contributed by atoms with Crippen LogP contribution >= 0.6 is 11.3 Å². The second-order valence-corrected chi connectivity index (χ2v) is 10.0. The molecule has 35 heavy (non-hydrogen) atoms. The molecule has 2 saturated heterocycles. The van der Waals surface area contributed by atoms with Crippen molar-refractivity contribution in [2.75, 3.05) is 70.5 Å². The van der Waals surface area contributed by atoms with E-state index in [9.17, 15) is 4.79 Å². The normalized spacial score (nSPS) is 17.7. The zero-order valence-corrected chi connectivity index (χ0v) is 21.2. The highest BCUT2D eigenvalue weighted by Gasteiger charge is 2.25. The van der Waals surface area contributed by atoms with E-state index in [2.05, 4.69) is 56.6 Å². The first-order valence-corrected chi connectivity index (χ1v) is 13.5. The number of benzene rings is 1. The number of anilines is 1. The Kier molecular flexibility index (Phi) is 7.88. The van der Waals surface area contributed by atoms with Crippen molar-refractivity contribution in [3.8, 4) is 11.1 Å². The number of fused-ring (bicyclic) bond motifs is 1. The van der Waals surface area contributed by atoms with Gasteiger partial charge >= 0.3 is 0 Å². The quantitative estimate of drug-likeness (QED) is 0.516. The van der Waals surface area contributed by atoms with Crippen LogP contribution in [0.5, 0.6) is 0 Å². The third-order valence-corrected chi connectivity index (χ3v) is 7.50. The highest BCUT2D eigenvalue weighted by molar-refractivity contribution is 7.17. The van der Waals surface area contributed by atoms with Gasteiger partial charge in [-0.2, -0.15) is 0 Å². The van der Waals surface area contributed by atoms with Gasteiger partial charge in [0.2, 0.25) is 5.91 Å². The standard InChI is InChI=1S/C26H34N6O2S/c1-2-8-27-23(33)18-30-9-11-32(12-10-30)25-24-21(20-6-4-3-5-7-20)19-35-26(24)29-22(28-25)17-31-13-15-34-16-14-31/h3-7,19H,2,8-18H2,1H3,(H,27,33). The van der Waals surface area contributed by atoms with Crippen molar-refractivity contribution in [1.82, 2.24) is 25.1 Å². The molecule has 2 aliphatic heterocycles. The van der Waals surface area contributed by atoms with Gasteiger partial charge in [0.25, 0.3) is 0 Å². The number of carbonyl (C=O) groups is 1. The SMILES string of the molecule is CCCNC(=O)CN1CCN(c2nc(CN3CCOCC3)nc3scc(-c4ccccc4)c23)CC1. The summed E-state index contributed by atoms with van der Waals surface area (Å²) in [6.07, 6.45) is 0.959. The number of hydrogen-bond acceptors (Lipinski definition) is 8. The van der Waals surface area contributed by atoms with Crippen LogP contribution in [0.2, 0.25) is 0 Å². The minimum absolute atomic E-state index is 0.113. The highest BCUT2D eigenvalue weighted by Crippen LogP contribution is 2.38. The van der Waals surface area contributed by atoms with Gasteiger partial charge in [0.05, 0.1) is 31.7 Å². The maximum Gasteiger partial charge on any atom is 0.234 e. The van der Waals surface area contributed by atoms with E-state index in [0.717, 1.165) is 93.9 Å². The van der Waals surface area contributed by atoms with E-state index in [1.54, 1.807) is 11.3 Å². The summed E-state index contributed by atoms with van der Waals surface area (Å²) in [6, 6.07) is 10.5. The summed E-state index contributed by atoms with van der Waals surface area (Å²) in [6.45, 7) is 10.7. The molecule has 2 fully saturated rings. The van der Waals surface area contributed by atoms with Gasteiger partial charge in [0, 0.05) is 56.8 Å². The molecule has 1 amide bonds. The molecule has 0 aliphatic carbocycles. The lowest BCUT2D eigenvalue weighted by Gasteiger charge is -2.35. The molecule has 9 heteroatoms. The number of hydrogen-bond donors (Lipinski definition) is 1. The first-order chi connectivity index (χ1) is 17.2. The topological polar surface area (TPSA) is 73.8 Å². The van der Waals surface area contributed by atoms with Crippen molar-refractivity contribution in [3.05, 3.63) is 41.5 Å². The smallest absolute Gasteiger partial charge is 0.234 e. The van der Waals surface area contributed by atoms with Crippen LogP contribution in [-0.2, 0) is 16.1 Å². The number of morpholine rings is 1. The van der Waals surface area contributed by atoms with Gasteiger partial charge in [-0.1, -0.05) is 37.3 Å². The number of aromatic nitrogens is 2. The molecule has 0 saturated carbocycles. The fraction of sp³-hybridized carbons (Fsp3) is 0.500. The van der Waals surface area contributed by atoms with Gasteiger partial charge in [-0.05, 0) is 12.0 Å². The lowest BCUT2D eigenvalue weighted by atomic mass is 10.1. The van der Waals surface area contributed by atoms with Crippen LogP contribution in [0.25, 0.3) is 21.3 Å². The molecule has 0 spiro atoms. The second kappa shape index (κ2) is 11.4. The Morgan fingerprint density at radius 2 is 1.80 bits per heavy atom. The minimum atomic E-state index is 0.113. The van der Waals surface area contributed by atoms with E-state index in [0.29, 0.717) is 6.54 Å². The van der Waals surface area contributed by atoms with Crippen molar-refractivity contribution < 1.29 is 9.53 Å². The summed E-state index contributed by atoms with van der Waals surface area (Å²) in [5.74, 6) is 2.01. The zero-order valence-electron chi connectivity index (χ0n) is 20.4. The molecule has 0 atom stereocenters. The van der Waals surface area contributed by atoms with E-state index in [-0.39, 0.29) is 5.91 Å². The van der Waals surface area contributed by atoms with Gasteiger partial charge in [0.15, 0.2) is 0 Å². The molecule has 1 aromatic carbocycles. The number of nitrogens with one attached hydrogen (secondary N) is 1. The minimum Gasteiger partial charge on any atom is -0.379 e. The lowest BCUT2D eigenvalue weighted by molar-refractivity contribution is -0.122. The Hall–Kier alpha value is -2.59. The van der Waals surface area contributed by atoms with Crippen LogP contribution < -0.4 is 10.2 Å². The average Bonchev–Trinajstić information content (AvgIpc) is 3.33. The molecule has 186 valence electrons. The number of thiophene rings is 1. The predicted octanol–water partition coefficient (Wildman–Crippen LogP) is 2.84. The molecule has 0 radical (unpaired) electrons. The average molecular weight is 495 g/mol.